The van der Waals surface area contributed by atoms with Crippen LogP contribution < -0.4 is 4.90 Å². The van der Waals surface area contributed by atoms with Crippen molar-refractivity contribution in [3.05, 3.63) is 65.0 Å². The zero-order valence-electron chi connectivity index (χ0n) is 14.4. The highest BCUT2D eigenvalue weighted by molar-refractivity contribution is 5.98. The van der Waals surface area contributed by atoms with Crippen LogP contribution >= 0.6 is 0 Å². The monoisotopic (exact) mass is 326 g/mol. The summed E-state index contributed by atoms with van der Waals surface area (Å²) >= 11 is 0. The molecule has 0 bridgehead atoms. The first-order chi connectivity index (χ1) is 11.5. The molecular formula is C20H23FN2O. The van der Waals surface area contributed by atoms with Gasteiger partial charge in [0.25, 0.3) is 0 Å². The van der Waals surface area contributed by atoms with Crippen LogP contribution in [-0.2, 0) is 11.3 Å². The van der Waals surface area contributed by atoms with Crippen molar-refractivity contribution < 1.29 is 9.18 Å². The zero-order valence-corrected chi connectivity index (χ0v) is 14.4. The maximum Gasteiger partial charge on any atom is 0.244 e. The van der Waals surface area contributed by atoms with Crippen molar-refractivity contribution in [3.63, 3.8) is 0 Å². The van der Waals surface area contributed by atoms with Gasteiger partial charge < -0.3 is 4.90 Å². The number of rotatable bonds is 3. The molecule has 1 aliphatic heterocycles. The van der Waals surface area contributed by atoms with E-state index in [-0.39, 0.29) is 17.8 Å². The lowest BCUT2D eigenvalue weighted by molar-refractivity contribution is -0.125. The number of carbonyl (C=O) groups is 1. The number of piperazine rings is 1. The van der Waals surface area contributed by atoms with Crippen LogP contribution in [0, 0.1) is 19.7 Å². The van der Waals surface area contributed by atoms with E-state index >= 15 is 0 Å². The van der Waals surface area contributed by atoms with Crippen molar-refractivity contribution in [3.8, 4) is 0 Å². The van der Waals surface area contributed by atoms with Crippen LogP contribution in [0.25, 0.3) is 0 Å². The Morgan fingerprint density at radius 2 is 1.88 bits per heavy atom. The second-order valence-electron chi connectivity index (χ2n) is 6.52. The second-order valence-corrected chi connectivity index (χ2v) is 6.52. The highest BCUT2D eigenvalue weighted by atomic mass is 19.1. The van der Waals surface area contributed by atoms with Crippen LogP contribution in [0.2, 0.25) is 0 Å². The minimum atomic E-state index is -0.265. The molecule has 0 aliphatic carbocycles. The maximum absolute atomic E-state index is 13.9. The predicted octanol–water partition coefficient (Wildman–Crippen LogP) is 3.68. The summed E-state index contributed by atoms with van der Waals surface area (Å²) in [4.78, 5) is 16.7. The number of hydrogen-bond donors (Lipinski definition) is 0. The first-order valence-corrected chi connectivity index (χ1v) is 8.33. The highest BCUT2D eigenvalue weighted by Gasteiger charge is 2.33. The molecule has 0 saturated carbocycles. The number of carbonyl (C=O) groups excluding carboxylic acids is 1. The number of benzene rings is 2. The third-order valence-corrected chi connectivity index (χ3v) is 4.76. The normalized spacial score (nSPS) is 18.9. The molecule has 1 unspecified atom stereocenters. The molecule has 4 heteroatoms. The summed E-state index contributed by atoms with van der Waals surface area (Å²) < 4.78 is 13.9. The van der Waals surface area contributed by atoms with Gasteiger partial charge in [-0.3, -0.25) is 9.69 Å². The summed E-state index contributed by atoms with van der Waals surface area (Å²) in [6.07, 6.45) is 0. The van der Waals surface area contributed by atoms with Crippen LogP contribution in [0.15, 0.2) is 42.5 Å². The average Bonchev–Trinajstić information content (AvgIpc) is 2.55. The Morgan fingerprint density at radius 3 is 2.58 bits per heavy atom. The van der Waals surface area contributed by atoms with Gasteiger partial charge in [0.15, 0.2) is 0 Å². The van der Waals surface area contributed by atoms with Crippen molar-refractivity contribution in [1.82, 2.24) is 4.90 Å². The molecule has 1 fully saturated rings. The molecule has 1 saturated heterocycles. The minimum absolute atomic E-state index is 0.0737. The van der Waals surface area contributed by atoms with Gasteiger partial charge in [0.1, 0.15) is 5.82 Å². The summed E-state index contributed by atoms with van der Waals surface area (Å²) in [5, 5.41) is 0. The first-order valence-electron chi connectivity index (χ1n) is 8.33. The third kappa shape index (κ3) is 3.20. The fourth-order valence-electron chi connectivity index (χ4n) is 3.32. The smallest absolute Gasteiger partial charge is 0.244 e. The second kappa shape index (κ2) is 6.73. The van der Waals surface area contributed by atoms with Gasteiger partial charge >= 0.3 is 0 Å². The highest BCUT2D eigenvalue weighted by Crippen LogP contribution is 2.26. The van der Waals surface area contributed by atoms with Gasteiger partial charge in [0.05, 0.1) is 6.04 Å². The van der Waals surface area contributed by atoms with Crippen LogP contribution in [0.3, 0.4) is 0 Å². The molecule has 0 N–H and O–H groups in total. The van der Waals surface area contributed by atoms with E-state index in [1.54, 1.807) is 12.1 Å². The van der Waals surface area contributed by atoms with Crippen LogP contribution in [0.5, 0.6) is 0 Å². The molecule has 1 amide bonds. The van der Waals surface area contributed by atoms with Gasteiger partial charge in [-0.15, -0.1) is 0 Å². The molecule has 126 valence electrons. The van der Waals surface area contributed by atoms with Gasteiger partial charge in [-0.2, -0.15) is 0 Å². The van der Waals surface area contributed by atoms with E-state index < -0.39 is 0 Å². The Balaban J connectivity index is 1.77. The van der Waals surface area contributed by atoms with Gasteiger partial charge in [-0.05, 0) is 38.5 Å². The number of amides is 1. The van der Waals surface area contributed by atoms with Crippen molar-refractivity contribution >= 4 is 11.6 Å². The van der Waals surface area contributed by atoms with E-state index in [4.69, 9.17) is 0 Å². The molecule has 0 spiro atoms. The maximum atomic E-state index is 13.9. The van der Waals surface area contributed by atoms with Gasteiger partial charge in [-0.25, -0.2) is 4.39 Å². The molecule has 3 nitrogen and oxygen atoms in total. The van der Waals surface area contributed by atoms with Gasteiger partial charge in [0, 0.05) is 30.9 Å². The van der Waals surface area contributed by atoms with E-state index in [0.29, 0.717) is 18.7 Å². The molecule has 1 heterocycles. The predicted molar refractivity (Wildman–Crippen MR) is 94.5 cm³/mol. The summed E-state index contributed by atoms with van der Waals surface area (Å²) in [6, 6.07) is 12.6. The van der Waals surface area contributed by atoms with Crippen molar-refractivity contribution in [2.45, 2.75) is 33.4 Å². The lowest BCUT2D eigenvalue weighted by Gasteiger charge is -2.39. The van der Waals surface area contributed by atoms with Crippen molar-refractivity contribution in [1.29, 1.82) is 0 Å². The summed E-state index contributed by atoms with van der Waals surface area (Å²) in [7, 11) is 0. The standard InChI is InChI=1S/C20H23FN2O/c1-14-8-9-19(15(2)12-14)23-11-10-22(16(3)20(23)24)13-17-6-4-5-7-18(17)21/h4-9,12,16H,10-11,13H2,1-3H3. The van der Waals surface area contributed by atoms with E-state index in [1.807, 2.05) is 48.8 Å². The summed E-state index contributed by atoms with van der Waals surface area (Å²) in [5.74, 6) is -0.140. The molecule has 24 heavy (non-hydrogen) atoms. The fourth-order valence-corrected chi connectivity index (χ4v) is 3.32. The largest absolute Gasteiger partial charge is 0.310 e. The Bertz CT molecular complexity index is 759. The Hall–Kier alpha value is -2.20. The third-order valence-electron chi connectivity index (χ3n) is 4.76. The van der Waals surface area contributed by atoms with E-state index in [2.05, 4.69) is 6.07 Å². The molecule has 3 rings (SSSR count). The zero-order chi connectivity index (χ0) is 17.3. The van der Waals surface area contributed by atoms with Crippen LogP contribution in [0.1, 0.15) is 23.6 Å². The Morgan fingerprint density at radius 1 is 1.12 bits per heavy atom. The minimum Gasteiger partial charge on any atom is -0.310 e. The molecule has 0 aromatic heterocycles. The molecular weight excluding hydrogens is 303 g/mol. The van der Waals surface area contributed by atoms with Crippen LogP contribution in [-0.4, -0.2) is 29.9 Å². The summed E-state index contributed by atoms with van der Waals surface area (Å²) in [5.41, 5.74) is 3.91. The van der Waals surface area contributed by atoms with Gasteiger partial charge in [-0.1, -0.05) is 35.9 Å². The molecule has 0 radical (unpaired) electrons. The molecule has 2 aromatic rings. The van der Waals surface area contributed by atoms with E-state index in [1.165, 1.54) is 11.6 Å². The number of anilines is 1. The van der Waals surface area contributed by atoms with Crippen molar-refractivity contribution in [2.24, 2.45) is 0 Å². The van der Waals surface area contributed by atoms with Crippen molar-refractivity contribution in [2.75, 3.05) is 18.0 Å². The molecule has 2 aromatic carbocycles. The molecule has 1 atom stereocenters. The van der Waals surface area contributed by atoms with Gasteiger partial charge in [0.2, 0.25) is 5.91 Å². The Kier molecular flexibility index (Phi) is 4.67. The van der Waals surface area contributed by atoms with E-state index in [0.717, 1.165) is 17.8 Å². The molecule has 1 aliphatic rings. The lowest BCUT2D eigenvalue weighted by atomic mass is 10.1. The van der Waals surface area contributed by atoms with Crippen LogP contribution in [0.4, 0.5) is 10.1 Å². The average molecular weight is 326 g/mol. The number of nitrogens with zero attached hydrogens (tertiary/aromatic N) is 2. The topological polar surface area (TPSA) is 23.6 Å². The fraction of sp³-hybridized carbons (Fsp3) is 0.350. The Labute approximate surface area is 142 Å². The number of aryl methyl sites for hydroxylation is 2. The number of hydrogen-bond acceptors (Lipinski definition) is 2. The SMILES string of the molecule is Cc1ccc(N2CCN(Cc3ccccc3F)C(C)C2=O)c(C)c1. The lowest BCUT2D eigenvalue weighted by Crippen LogP contribution is -2.55. The quantitative estimate of drug-likeness (QED) is 0.859. The number of halogens is 1. The first kappa shape index (κ1) is 16.7. The summed E-state index contributed by atoms with van der Waals surface area (Å²) in [6.45, 7) is 7.80. The van der Waals surface area contributed by atoms with E-state index in [9.17, 15) is 9.18 Å².